The number of unbranched alkanes of at least 4 members (excludes halogenated alkanes) is 1. The van der Waals surface area contributed by atoms with Gasteiger partial charge in [0, 0.05) is 18.3 Å². The van der Waals surface area contributed by atoms with Gasteiger partial charge in [-0.15, -0.1) is 0 Å². The first kappa shape index (κ1) is 15.1. The molecule has 4 nitrogen and oxygen atoms in total. The fraction of sp³-hybridized carbons (Fsp3) is 0.615. The molecule has 2 atom stereocenters. The molecule has 0 bridgehead atoms. The van der Waals surface area contributed by atoms with Gasteiger partial charge in [0.25, 0.3) is 0 Å². The highest BCUT2D eigenvalue weighted by Crippen LogP contribution is 2.13. The molecule has 100 valence electrons. The Balaban J connectivity index is 2.51. The van der Waals surface area contributed by atoms with Crippen molar-refractivity contribution in [3.05, 3.63) is 22.7 Å². The van der Waals surface area contributed by atoms with Gasteiger partial charge in [-0.25, -0.2) is 9.97 Å². The number of carbonyl (C=O) groups excluding carboxylic acids is 1. The lowest BCUT2D eigenvalue weighted by molar-refractivity contribution is -0.125. The van der Waals surface area contributed by atoms with E-state index in [1.165, 1.54) is 0 Å². The highest BCUT2D eigenvalue weighted by molar-refractivity contribution is 9.10. The Kier molecular flexibility index (Phi) is 6.25. The summed E-state index contributed by atoms with van der Waals surface area (Å²) in [4.78, 5) is 20.3. The lowest BCUT2D eigenvalue weighted by atomic mass is 10.0. The third kappa shape index (κ3) is 4.72. The molecule has 0 aliphatic heterocycles. The standard InChI is InChI=1S/C13H20BrN3O/c1-4-5-6-9(2)13(18)17-10(3)12-15-7-11(14)8-16-12/h7-10H,4-6H2,1-3H3,(H,17,18)/t9-,10-/m1/s1. The highest BCUT2D eigenvalue weighted by atomic mass is 79.9. The molecule has 0 aliphatic rings. The maximum absolute atomic E-state index is 11.9. The molecule has 0 unspecified atom stereocenters. The van der Waals surface area contributed by atoms with E-state index in [1.54, 1.807) is 12.4 Å². The van der Waals surface area contributed by atoms with Crippen molar-refractivity contribution in [2.24, 2.45) is 5.92 Å². The van der Waals surface area contributed by atoms with Crippen LogP contribution >= 0.6 is 15.9 Å². The van der Waals surface area contributed by atoms with Crippen LogP contribution in [-0.4, -0.2) is 15.9 Å². The van der Waals surface area contributed by atoms with Crippen molar-refractivity contribution in [2.75, 3.05) is 0 Å². The van der Waals surface area contributed by atoms with E-state index in [1.807, 2.05) is 13.8 Å². The molecule has 18 heavy (non-hydrogen) atoms. The molecule has 1 aromatic rings. The van der Waals surface area contributed by atoms with Crippen molar-refractivity contribution < 1.29 is 4.79 Å². The SMILES string of the molecule is CCCC[C@@H](C)C(=O)N[C@H](C)c1ncc(Br)cn1. The van der Waals surface area contributed by atoms with Crippen LogP contribution in [0.5, 0.6) is 0 Å². The van der Waals surface area contributed by atoms with E-state index in [9.17, 15) is 4.79 Å². The number of halogens is 1. The van der Waals surface area contributed by atoms with Crippen molar-refractivity contribution in [3.8, 4) is 0 Å². The number of carbonyl (C=O) groups is 1. The molecule has 5 heteroatoms. The average Bonchev–Trinajstić information content (AvgIpc) is 2.36. The summed E-state index contributed by atoms with van der Waals surface area (Å²) in [6.07, 6.45) is 6.49. The summed E-state index contributed by atoms with van der Waals surface area (Å²) >= 11 is 3.28. The summed E-state index contributed by atoms with van der Waals surface area (Å²) in [6.45, 7) is 5.98. The Bertz CT molecular complexity index is 380. The summed E-state index contributed by atoms with van der Waals surface area (Å²) in [5, 5.41) is 2.95. The van der Waals surface area contributed by atoms with E-state index in [4.69, 9.17) is 0 Å². The minimum atomic E-state index is -0.158. The van der Waals surface area contributed by atoms with Crippen LogP contribution in [0.25, 0.3) is 0 Å². The molecule has 1 heterocycles. The second-order valence-electron chi connectivity index (χ2n) is 4.53. The maximum atomic E-state index is 11.9. The number of hydrogen-bond acceptors (Lipinski definition) is 3. The fourth-order valence-corrected chi connectivity index (χ4v) is 1.81. The van der Waals surface area contributed by atoms with Crippen molar-refractivity contribution in [1.29, 1.82) is 0 Å². The normalized spacial score (nSPS) is 14.0. The van der Waals surface area contributed by atoms with Gasteiger partial charge >= 0.3 is 0 Å². The van der Waals surface area contributed by atoms with E-state index >= 15 is 0 Å². The zero-order valence-electron chi connectivity index (χ0n) is 11.1. The molecular formula is C13H20BrN3O. The third-order valence-corrected chi connectivity index (χ3v) is 3.23. The van der Waals surface area contributed by atoms with Crippen molar-refractivity contribution in [1.82, 2.24) is 15.3 Å². The van der Waals surface area contributed by atoms with E-state index in [2.05, 4.69) is 38.1 Å². The highest BCUT2D eigenvalue weighted by Gasteiger charge is 2.16. The largest absolute Gasteiger partial charge is 0.346 e. The topological polar surface area (TPSA) is 54.9 Å². The molecule has 0 fully saturated rings. The zero-order valence-corrected chi connectivity index (χ0v) is 12.7. The minimum absolute atomic E-state index is 0.0443. The first-order chi connectivity index (χ1) is 8.54. The second-order valence-corrected chi connectivity index (χ2v) is 5.45. The van der Waals surface area contributed by atoms with Crippen LogP contribution < -0.4 is 5.32 Å². The van der Waals surface area contributed by atoms with Gasteiger partial charge in [0.05, 0.1) is 10.5 Å². The summed E-state index contributed by atoms with van der Waals surface area (Å²) in [6, 6.07) is -0.158. The Morgan fingerprint density at radius 3 is 2.56 bits per heavy atom. The fourth-order valence-electron chi connectivity index (χ4n) is 1.61. The van der Waals surface area contributed by atoms with Gasteiger partial charge in [-0.1, -0.05) is 26.7 Å². The number of hydrogen-bond donors (Lipinski definition) is 1. The van der Waals surface area contributed by atoms with E-state index in [-0.39, 0.29) is 17.9 Å². The van der Waals surface area contributed by atoms with Gasteiger partial charge in [0.15, 0.2) is 0 Å². The molecule has 0 aliphatic carbocycles. The second kappa shape index (κ2) is 7.46. The van der Waals surface area contributed by atoms with Crippen LogP contribution in [0.15, 0.2) is 16.9 Å². The number of nitrogens with one attached hydrogen (secondary N) is 1. The lowest BCUT2D eigenvalue weighted by Gasteiger charge is -2.16. The van der Waals surface area contributed by atoms with E-state index < -0.39 is 0 Å². The molecule has 0 aromatic carbocycles. The molecule has 1 rings (SSSR count). The summed E-state index contributed by atoms with van der Waals surface area (Å²) in [7, 11) is 0. The molecule has 0 saturated carbocycles. The molecule has 1 N–H and O–H groups in total. The van der Waals surface area contributed by atoms with E-state index in [0.717, 1.165) is 23.7 Å². The number of rotatable bonds is 6. The number of nitrogens with zero attached hydrogens (tertiary/aromatic N) is 2. The smallest absolute Gasteiger partial charge is 0.223 e. The average molecular weight is 314 g/mol. The minimum Gasteiger partial charge on any atom is -0.346 e. The van der Waals surface area contributed by atoms with Gasteiger partial charge in [-0.05, 0) is 29.3 Å². The van der Waals surface area contributed by atoms with Crippen LogP contribution in [0.4, 0.5) is 0 Å². The Morgan fingerprint density at radius 1 is 1.39 bits per heavy atom. The summed E-state index contributed by atoms with van der Waals surface area (Å²) in [5.74, 6) is 0.750. The van der Waals surface area contributed by atoms with Crippen LogP contribution in [0, 0.1) is 5.92 Å². The van der Waals surface area contributed by atoms with Crippen LogP contribution in [-0.2, 0) is 4.79 Å². The van der Waals surface area contributed by atoms with Crippen LogP contribution in [0.2, 0.25) is 0 Å². The van der Waals surface area contributed by atoms with Crippen molar-refractivity contribution in [3.63, 3.8) is 0 Å². The lowest BCUT2D eigenvalue weighted by Crippen LogP contribution is -2.32. The van der Waals surface area contributed by atoms with Gasteiger partial charge < -0.3 is 5.32 Å². The Morgan fingerprint density at radius 2 is 2.00 bits per heavy atom. The molecule has 1 aromatic heterocycles. The van der Waals surface area contributed by atoms with Crippen LogP contribution in [0.3, 0.4) is 0 Å². The summed E-state index contributed by atoms with van der Waals surface area (Å²) in [5.41, 5.74) is 0. The predicted octanol–water partition coefficient (Wildman–Crippen LogP) is 3.24. The Labute approximate surface area is 117 Å². The first-order valence-corrected chi connectivity index (χ1v) is 7.11. The van der Waals surface area contributed by atoms with Gasteiger partial charge in [-0.3, -0.25) is 4.79 Å². The molecular weight excluding hydrogens is 294 g/mol. The van der Waals surface area contributed by atoms with Crippen molar-refractivity contribution >= 4 is 21.8 Å². The summed E-state index contributed by atoms with van der Waals surface area (Å²) < 4.78 is 0.834. The zero-order chi connectivity index (χ0) is 13.5. The molecule has 1 amide bonds. The Hall–Kier alpha value is -0.970. The third-order valence-electron chi connectivity index (χ3n) is 2.82. The number of amides is 1. The van der Waals surface area contributed by atoms with Gasteiger partial charge in [0.2, 0.25) is 5.91 Å². The van der Waals surface area contributed by atoms with Gasteiger partial charge in [0.1, 0.15) is 5.82 Å². The van der Waals surface area contributed by atoms with Crippen LogP contribution in [0.1, 0.15) is 51.9 Å². The number of aromatic nitrogens is 2. The quantitative estimate of drug-likeness (QED) is 0.877. The maximum Gasteiger partial charge on any atom is 0.223 e. The van der Waals surface area contributed by atoms with Gasteiger partial charge in [-0.2, -0.15) is 0 Å². The molecule has 0 saturated heterocycles. The molecule has 0 spiro atoms. The first-order valence-electron chi connectivity index (χ1n) is 6.32. The monoisotopic (exact) mass is 313 g/mol. The molecule has 0 radical (unpaired) electrons. The predicted molar refractivity (Wildman–Crippen MR) is 75.0 cm³/mol. The van der Waals surface area contributed by atoms with E-state index in [0.29, 0.717) is 5.82 Å². The van der Waals surface area contributed by atoms with Crippen molar-refractivity contribution in [2.45, 2.75) is 46.1 Å².